The molecular formula is C12H19ClN4O2. The fraction of sp³-hybridized carbons (Fsp3) is 0.583. The summed E-state index contributed by atoms with van der Waals surface area (Å²) in [5, 5.41) is 6.49. The number of aromatic nitrogens is 2. The molecule has 0 aliphatic rings. The topological polar surface area (TPSA) is 76.1 Å². The van der Waals surface area contributed by atoms with Crippen molar-refractivity contribution in [3.63, 3.8) is 0 Å². The normalized spacial score (nSPS) is 10.1. The number of anilines is 2. The molecule has 6 nitrogen and oxygen atoms in total. The van der Waals surface area contributed by atoms with E-state index in [0.29, 0.717) is 29.9 Å². The molecule has 7 heteroatoms. The van der Waals surface area contributed by atoms with Gasteiger partial charge in [0.15, 0.2) is 5.82 Å². The van der Waals surface area contributed by atoms with Gasteiger partial charge in [-0.15, -0.1) is 0 Å². The Balaban J connectivity index is 2.49. The Bertz CT molecular complexity index is 415. The van der Waals surface area contributed by atoms with Crippen LogP contribution in [0.2, 0.25) is 5.02 Å². The van der Waals surface area contributed by atoms with Crippen molar-refractivity contribution in [3.05, 3.63) is 11.2 Å². The minimum absolute atomic E-state index is 0.246. The van der Waals surface area contributed by atoms with E-state index >= 15 is 0 Å². The standard InChI is InChI=1S/C12H19ClN4O2/c1-3-6-15-12-16-8-9(13)11(17-12)14-7-5-10(18)19-4-2/h8H,3-7H2,1-2H3,(H2,14,15,16,17). The van der Waals surface area contributed by atoms with Crippen LogP contribution in [0, 0.1) is 0 Å². The van der Waals surface area contributed by atoms with Gasteiger partial charge in [0.1, 0.15) is 5.02 Å². The number of carbonyl (C=O) groups is 1. The minimum atomic E-state index is -0.246. The Hall–Kier alpha value is -1.56. The molecule has 0 aromatic carbocycles. The largest absolute Gasteiger partial charge is 0.466 e. The van der Waals surface area contributed by atoms with Crippen molar-refractivity contribution in [1.82, 2.24) is 9.97 Å². The molecule has 0 amide bonds. The molecule has 0 unspecified atom stereocenters. The van der Waals surface area contributed by atoms with Crippen LogP contribution < -0.4 is 10.6 Å². The van der Waals surface area contributed by atoms with Crippen molar-refractivity contribution < 1.29 is 9.53 Å². The van der Waals surface area contributed by atoms with Crippen LogP contribution in [0.3, 0.4) is 0 Å². The average molecular weight is 287 g/mol. The number of nitrogens with one attached hydrogen (secondary N) is 2. The van der Waals surface area contributed by atoms with Gasteiger partial charge in [-0.3, -0.25) is 4.79 Å². The second-order valence-corrected chi connectivity index (χ2v) is 4.21. The molecular weight excluding hydrogens is 268 g/mol. The lowest BCUT2D eigenvalue weighted by Crippen LogP contribution is -2.13. The number of ether oxygens (including phenoxy) is 1. The Morgan fingerprint density at radius 1 is 1.37 bits per heavy atom. The Kier molecular flexibility index (Phi) is 6.95. The number of halogens is 1. The van der Waals surface area contributed by atoms with Gasteiger partial charge in [0.25, 0.3) is 0 Å². The number of hydrogen-bond donors (Lipinski definition) is 2. The average Bonchev–Trinajstić information content (AvgIpc) is 2.39. The van der Waals surface area contributed by atoms with E-state index in [2.05, 4.69) is 27.5 Å². The zero-order valence-corrected chi connectivity index (χ0v) is 12.0. The first-order valence-corrected chi connectivity index (χ1v) is 6.71. The molecule has 0 spiro atoms. The Labute approximate surface area is 117 Å². The third-order valence-corrected chi connectivity index (χ3v) is 2.48. The highest BCUT2D eigenvalue weighted by atomic mass is 35.5. The summed E-state index contributed by atoms with van der Waals surface area (Å²) in [4.78, 5) is 19.5. The molecule has 1 aromatic heterocycles. The zero-order chi connectivity index (χ0) is 14.1. The summed E-state index contributed by atoms with van der Waals surface area (Å²) in [6.45, 7) is 5.44. The monoisotopic (exact) mass is 286 g/mol. The molecule has 0 fully saturated rings. The SMILES string of the molecule is CCCNc1ncc(Cl)c(NCCC(=O)OCC)n1. The summed E-state index contributed by atoms with van der Waals surface area (Å²) in [6.07, 6.45) is 2.78. The van der Waals surface area contributed by atoms with E-state index in [1.54, 1.807) is 6.92 Å². The summed E-state index contributed by atoms with van der Waals surface area (Å²) < 4.78 is 4.83. The van der Waals surface area contributed by atoms with Gasteiger partial charge in [-0.25, -0.2) is 4.98 Å². The maximum atomic E-state index is 11.2. The van der Waals surface area contributed by atoms with E-state index in [-0.39, 0.29) is 12.4 Å². The molecule has 0 atom stereocenters. The maximum Gasteiger partial charge on any atom is 0.307 e. The van der Waals surface area contributed by atoms with Gasteiger partial charge in [0, 0.05) is 13.1 Å². The van der Waals surface area contributed by atoms with Crippen LogP contribution in [-0.4, -0.2) is 35.6 Å². The maximum absolute atomic E-state index is 11.2. The highest BCUT2D eigenvalue weighted by Gasteiger charge is 2.06. The fourth-order valence-corrected chi connectivity index (χ4v) is 1.49. The van der Waals surface area contributed by atoms with Crippen molar-refractivity contribution in [2.24, 2.45) is 0 Å². The molecule has 0 aliphatic heterocycles. The van der Waals surface area contributed by atoms with E-state index < -0.39 is 0 Å². The van der Waals surface area contributed by atoms with Crippen LogP contribution in [0.25, 0.3) is 0 Å². The first-order chi connectivity index (χ1) is 9.17. The Morgan fingerprint density at radius 2 is 2.16 bits per heavy atom. The number of rotatable bonds is 8. The third kappa shape index (κ3) is 5.74. The molecule has 2 N–H and O–H groups in total. The summed E-state index contributed by atoms with van der Waals surface area (Å²) in [5.41, 5.74) is 0. The van der Waals surface area contributed by atoms with Crippen LogP contribution in [0.1, 0.15) is 26.7 Å². The lowest BCUT2D eigenvalue weighted by Gasteiger charge is -2.09. The van der Waals surface area contributed by atoms with Crippen LogP contribution >= 0.6 is 11.6 Å². The van der Waals surface area contributed by atoms with Gasteiger partial charge in [0.2, 0.25) is 5.95 Å². The molecule has 0 bridgehead atoms. The molecule has 0 radical (unpaired) electrons. The number of carbonyl (C=O) groups excluding carboxylic acids is 1. The van der Waals surface area contributed by atoms with Gasteiger partial charge in [0.05, 0.1) is 19.2 Å². The molecule has 1 heterocycles. The smallest absolute Gasteiger partial charge is 0.307 e. The predicted octanol–water partition coefficient (Wildman–Crippen LogP) is 2.32. The summed E-state index contributed by atoms with van der Waals surface area (Å²) in [5.74, 6) is 0.786. The van der Waals surface area contributed by atoms with E-state index in [4.69, 9.17) is 16.3 Å². The third-order valence-electron chi connectivity index (χ3n) is 2.20. The first kappa shape index (κ1) is 15.5. The molecule has 19 heavy (non-hydrogen) atoms. The molecule has 0 aliphatic carbocycles. The van der Waals surface area contributed by atoms with E-state index in [9.17, 15) is 4.79 Å². The van der Waals surface area contributed by atoms with Crippen molar-refractivity contribution >= 4 is 29.3 Å². The second kappa shape index (κ2) is 8.53. The van der Waals surface area contributed by atoms with Gasteiger partial charge in [-0.05, 0) is 13.3 Å². The molecule has 0 saturated heterocycles. The van der Waals surface area contributed by atoms with Crippen LogP contribution in [0.5, 0.6) is 0 Å². The number of nitrogens with zero attached hydrogens (tertiary/aromatic N) is 2. The van der Waals surface area contributed by atoms with E-state index in [1.807, 2.05) is 0 Å². The summed E-state index contributed by atoms with van der Waals surface area (Å²) in [7, 11) is 0. The van der Waals surface area contributed by atoms with Crippen molar-refractivity contribution in [2.75, 3.05) is 30.3 Å². The first-order valence-electron chi connectivity index (χ1n) is 6.33. The van der Waals surface area contributed by atoms with Crippen molar-refractivity contribution in [3.8, 4) is 0 Å². The highest BCUT2D eigenvalue weighted by Crippen LogP contribution is 2.19. The number of hydrogen-bond acceptors (Lipinski definition) is 6. The quantitative estimate of drug-likeness (QED) is 0.714. The van der Waals surface area contributed by atoms with Crippen molar-refractivity contribution in [1.29, 1.82) is 0 Å². The van der Waals surface area contributed by atoms with Gasteiger partial charge in [-0.1, -0.05) is 18.5 Å². The van der Waals surface area contributed by atoms with Crippen molar-refractivity contribution in [2.45, 2.75) is 26.7 Å². The van der Waals surface area contributed by atoms with Gasteiger partial charge < -0.3 is 15.4 Å². The Morgan fingerprint density at radius 3 is 2.84 bits per heavy atom. The molecule has 0 saturated carbocycles. The highest BCUT2D eigenvalue weighted by molar-refractivity contribution is 6.32. The van der Waals surface area contributed by atoms with Crippen LogP contribution in [0.4, 0.5) is 11.8 Å². The molecule has 106 valence electrons. The predicted molar refractivity (Wildman–Crippen MR) is 75.6 cm³/mol. The lowest BCUT2D eigenvalue weighted by molar-refractivity contribution is -0.142. The van der Waals surface area contributed by atoms with Gasteiger partial charge in [-0.2, -0.15) is 4.98 Å². The lowest BCUT2D eigenvalue weighted by atomic mass is 10.4. The molecule has 1 aromatic rings. The summed E-state index contributed by atoms with van der Waals surface area (Å²) in [6, 6.07) is 0. The minimum Gasteiger partial charge on any atom is -0.466 e. The van der Waals surface area contributed by atoms with Gasteiger partial charge >= 0.3 is 5.97 Å². The van der Waals surface area contributed by atoms with Crippen LogP contribution in [0.15, 0.2) is 6.20 Å². The second-order valence-electron chi connectivity index (χ2n) is 3.80. The fourth-order valence-electron chi connectivity index (χ4n) is 1.33. The zero-order valence-electron chi connectivity index (χ0n) is 11.2. The van der Waals surface area contributed by atoms with E-state index in [1.165, 1.54) is 6.20 Å². The van der Waals surface area contributed by atoms with Crippen LogP contribution in [-0.2, 0) is 9.53 Å². The molecule has 1 rings (SSSR count). The number of esters is 1. The summed E-state index contributed by atoms with van der Waals surface area (Å²) >= 11 is 5.98. The van der Waals surface area contributed by atoms with E-state index in [0.717, 1.165) is 13.0 Å².